The van der Waals surface area contributed by atoms with Crippen molar-refractivity contribution in [2.24, 2.45) is 0 Å². The molecule has 0 aromatic heterocycles. The number of halogens is 1. The molecule has 0 aliphatic heterocycles. The summed E-state index contributed by atoms with van der Waals surface area (Å²) in [6, 6.07) is 3.66. The van der Waals surface area contributed by atoms with Gasteiger partial charge in [-0.1, -0.05) is 6.07 Å². The second kappa shape index (κ2) is 9.89. The molecule has 1 aromatic carbocycles. The van der Waals surface area contributed by atoms with Crippen LogP contribution in [0.3, 0.4) is 0 Å². The van der Waals surface area contributed by atoms with Gasteiger partial charge in [-0.15, -0.1) is 0 Å². The van der Waals surface area contributed by atoms with E-state index in [1.807, 2.05) is 6.26 Å². The van der Waals surface area contributed by atoms with Crippen LogP contribution in [0, 0.1) is 5.82 Å². The lowest BCUT2D eigenvalue weighted by atomic mass is 10.2. The van der Waals surface area contributed by atoms with Gasteiger partial charge in [-0.3, -0.25) is 4.79 Å². The molecule has 1 atom stereocenters. The fourth-order valence-electron chi connectivity index (χ4n) is 1.80. The summed E-state index contributed by atoms with van der Waals surface area (Å²) in [5, 5.41) is 2.58. The van der Waals surface area contributed by atoms with Crippen LogP contribution in [0.2, 0.25) is 0 Å². The number of benzene rings is 1. The lowest BCUT2D eigenvalue weighted by Crippen LogP contribution is -2.41. The van der Waals surface area contributed by atoms with Crippen LogP contribution in [0.5, 0.6) is 5.75 Å². The molecule has 0 fully saturated rings. The number of hydrogen-bond donors (Lipinski definition) is 1. The third-order valence-electron chi connectivity index (χ3n) is 3.02. The van der Waals surface area contributed by atoms with Crippen LogP contribution in [-0.4, -0.2) is 44.1 Å². The third kappa shape index (κ3) is 6.32. The summed E-state index contributed by atoms with van der Waals surface area (Å²) >= 11 is 1.57. The number of esters is 1. The van der Waals surface area contributed by atoms with Crippen molar-refractivity contribution in [2.75, 3.05) is 26.2 Å². The predicted molar refractivity (Wildman–Crippen MR) is 88.9 cm³/mol. The molecule has 5 nitrogen and oxygen atoms in total. The fraction of sp³-hybridized carbons (Fsp3) is 0.375. The van der Waals surface area contributed by atoms with Crippen LogP contribution in [0.1, 0.15) is 12.0 Å². The molecule has 1 rings (SSSR count). The zero-order chi connectivity index (χ0) is 17.2. The molecule has 1 aromatic rings. The first-order valence-electron chi connectivity index (χ1n) is 6.90. The zero-order valence-corrected chi connectivity index (χ0v) is 14.1. The Morgan fingerprint density at radius 2 is 2.13 bits per heavy atom. The number of ether oxygens (including phenoxy) is 2. The lowest BCUT2D eigenvalue weighted by Gasteiger charge is -2.14. The smallest absolute Gasteiger partial charge is 0.328 e. The summed E-state index contributed by atoms with van der Waals surface area (Å²) in [5.74, 6) is -0.598. The molecule has 1 amide bonds. The molecule has 0 bridgehead atoms. The molecule has 0 radical (unpaired) electrons. The van der Waals surface area contributed by atoms with E-state index in [0.29, 0.717) is 17.7 Å². The first-order chi connectivity index (χ1) is 11.0. The second-order valence-corrected chi connectivity index (χ2v) is 5.58. The number of thioether (sulfide) groups is 1. The summed E-state index contributed by atoms with van der Waals surface area (Å²) in [7, 11) is 2.65. The number of hydrogen-bond acceptors (Lipinski definition) is 5. The van der Waals surface area contributed by atoms with Crippen molar-refractivity contribution in [3.63, 3.8) is 0 Å². The average Bonchev–Trinajstić information content (AvgIpc) is 2.56. The van der Waals surface area contributed by atoms with E-state index in [4.69, 9.17) is 4.74 Å². The van der Waals surface area contributed by atoms with E-state index in [1.165, 1.54) is 38.5 Å². The van der Waals surface area contributed by atoms with Crippen LogP contribution in [0.4, 0.5) is 4.39 Å². The molecule has 0 saturated heterocycles. The Morgan fingerprint density at radius 1 is 1.39 bits per heavy atom. The predicted octanol–water partition coefficient (Wildman–Crippen LogP) is 2.26. The van der Waals surface area contributed by atoms with Gasteiger partial charge in [0.2, 0.25) is 5.91 Å². The minimum Gasteiger partial charge on any atom is -0.494 e. The van der Waals surface area contributed by atoms with E-state index in [1.54, 1.807) is 17.8 Å². The van der Waals surface area contributed by atoms with E-state index < -0.39 is 23.7 Å². The van der Waals surface area contributed by atoms with Crippen LogP contribution >= 0.6 is 11.8 Å². The molecule has 0 aliphatic carbocycles. The third-order valence-corrected chi connectivity index (χ3v) is 3.66. The van der Waals surface area contributed by atoms with Gasteiger partial charge in [0.25, 0.3) is 0 Å². The van der Waals surface area contributed by atoms with Gasteiger partial charge < -0.3 is 14.8 Å². The highest BCUT2D eigenvalue weighted by molar-refractivity contribution is 7.98. The topological polar surface area (TPSA) is 64.6 Å². The molecule has 1 N–H and O–H groups in total. The Balaban J connectivity index is 2.69. The van der Waals surface area contributed by atoms with Crippen LogP contribution in [0.25, 0.3) is 6.08 Å². The number of nitrogens with one attached hydrogen (secondary N) is 1. The molecule has 7 heteroatoms. The first kappa shape index (κ1) is 19.0. The summed E-state index contributed by atoms with van der Waals surface area (Å²) in [4.78, 5) is 23.5. The number of rotatable bonds is 8. The van der Waals surface area contributed by atoms with E-state index >= 15 is 0 Å². The maximum atomic E-state index is 13.6. The molecule has 126 valence electrons. The van der Waals surface area contributed by atoms with Crippen molar-refractivity contribution in [1.82, 2.24) is 5.32 Å². The normalized spacial score (nSPS) is 12.0. The highest BCUT2D eigenvalue weighted by atomic mass is 32.2. The summed E-state index contributed by atoms with van der Waals surface area (Å²) in [6.07, 6.45) is 5.09. The standard InChI is InChI=1S/C16H20FNO4S/c1-21-14-6-4-11(10-12(14)17)5-7-15(19)18-13(8-9-23-3)16(20)22-2/h4-7,10,13H,8-9H2,1-3H3,(H,18,19)/b7-5+/t13-/m1/s1. The van der Waals surface area contributed by atoms with Crippen LogP contribution in [-0.2, 0) is 14.3 Å². The van der Waals surface area contributed by atoms with Gasteiger partial charge in [0, 0.05) is 6.08 Å². The van der Waals surface area contributed by atoms with Crippen LogP contribution < -0.4 is 10.1 Å². The first-order valence-corrected chi connectivity index (χ1v) is 8.30. The highest BCUT2D eigenvalue weighted by Gasteiger charge is 2.19. The van der Waals surface area contributed by atoms with Gasteiger partial charge in [0.1, 0.15) is 6.04 Å². The SMILES string of the molecule is COC(=O)[C@@H](CCSC)NC(=O)/C=C/c1ccc(OC)c(F)c1. The van der Waals surface area contributed by atoms with Crippen molar-refractivity contribution in [2.45, 2.75) is 12.5 Å². The molecule has 0 aliphatic rings. The maximum absolute atomic E-state index is 13.6. The van der Waals surface area contributed by atoms with Gasteiger partial charge in [-0.05, 0) is 42.2 Å². The molecule has 0 heterocycles. The van der Waals surface area contributed by atoms with Crippen LogP contribution in [0.15, 0.2) is 24.3 Å². The van der Waals surface area contributed by atoms with E-state index in [2.05, 4.69) is 10.1 Å². The highest BCUT2D eigenvalue weighted by Crippen LogP contribution is 2.18. The number of methoxy groups -OCH3 is 2. The Kier molecular flexibility index (Phi) is 8.18. The molecule has 0 unspecified atom stereocenters. The van der Waals surface area contributed by atoms with E-state index in [-0.39, 0.29) is 5.75 Å². The summed E-state index contributed by atoms with van der Waals surface area (Å²) in [6.45, 7) is 0. The quantitative estimate of drug-likeness (QED) is 0.580. The van der Waals surface area contributed by atoms with E-state index in [0.717, 1.165) is 0 Å². The van der Waals surface area contributed by atoms with Gasteiger partial charge in [-0.25, -0.2) is 9.18 Å². The lowest BCUT2D eigenvalue weighted by molar-refractivity contribution is -0.144. The Labute approximate surface area is 139 Å². The van der Waals surface area contributed by atoms with Gasteiger partial charge in [-0.2, -0.15) is 11.8 Å². The number of carbonyl (C=O) groups is 2. The molecule has 0 spiro atoms. The molecule has 0 saturated carbocycles. The molecule has 23 heavy (non-hydrogen) atoms. The van der Waals surface area contributed by atoms with Crippen molar-refractivity contribution < 1.29 is 23.5 Å². The van der Waals surface area contributed by atoms with Crippen molar-refractivity contribution in [3.05, 3.63) is 35.7 Å². The number of amides is 1. The summed E-state index contributed by atoms with van der Waals surface area (Å²) < 4.78 is 23.0. The maximum Gasteiger partial charge on any atom is 0.328 e. The minimum absolute atomic E-state index is 0.134. The van der Waals surface area contributed by atoms with Crippen molar-refractivity contribution >= 4 is 29.7 Å². The fourth-order valence-corrected chi connectivity index (χ4v) is 2.28. The molecular weight excluding hydrogens is 321 g/mol. The second-order valence-electron chi connectivity index (χ2n) is 4.59. The average molecular weight is 341 g/mol. The molecular formula is C16H20FNO4S. The van der Waals surface area contributed by atoms with Gasteiger partial charge >= 0.3 is 5.97 Å². The number of carbonyl (C=O) groups excluding carboxylic acids is 2. The van der Waals surface area contributed by atoms with Gasteiger partial charge in [0.05, 0.1) is 14.2 Å². The Bertz CT molecular complexity index is 577. The van der Waals surface area contributed by atoms with Gasteiger partial charge in [0.15, 0.2) is 11.6 Å². The largest absolute Gasteiger partial charge is 0.494 e. The zero-order valence-electron chi connectivity index (χ0n) is 13.3. The van der Waals surface area contributed by atoms with E-state index in [9.17, 15) is 14.0 Å². The van der Waals surface area contributed by atoms with Crippen molar-refractivity contribution in [1.29, 1.82) is 0 Å². The summed E-state index contributed by atoms with van der Waals surface area (Å²) in [5.41, 5.74) is 0.511. The Morgan fingerprint density at radius 3 is 2.70 bits per heavy atom. The monoisotopic (exact) mass is 341 g/mol. The van der Waals surface area contributed by atoms with Crippen molar-refractivity contribution in [3.8, 4) is 5.75 Å². The minimum atomic E-state index is -0.697. The Hall–Kier alpha value is -2.02.